The maximum Gasteiger partial charge on any atom is 0.161 e. The van der Waals surface area contributed by atoms with Crippen LogP contribution in [0.1, 0.15) is 5.56 Å². The molecular weight excluding hydrogens is 380 g/mol. The molecule has 0 amide bonds. The Morgan fingerprint density at radius 1 is 1.18 bits per heavy atom. The molecule has 0 radical (unpaired) electrons. The predicted octanol–water partition coefficient (Wildman–Crippen LogP) is 4.57. The van der Waals surface area contributed by atoms with E-state index < -0.39 is 0 Å². The number of benzene rings is 1. The summed E-state index contributed by atoms with van der Waals surface area (Å²) in [5, 5.41) is 0. The number of imidazole rings is 1. The minimum Gasteiger partial charge on any atom is -0.311 e. The summed E-state index contributed by atoms with van der Waals surface area (Å²) in [6.45, 7) is 0.752. The molecule has 1 aromatic carbocycles. The van der Waals surface area contributed by atoms with Crippen LogP contribution < -0.4 is 0 Å². The largest absolute Gasteiger partial charge is 0.311 e. The second-order valence-electron chi connectivity index (χ2n) is 4.84. The SMILES string of the molecule is CSc1nc2ccc(Cn3cnc4ccc(Br)nc43)cc2s1. The molecule has 0 spiro atoms. The van der Waals surface area contributed by atoms with Crippen molar-refractivity contribution in [1.29, 1.82) is 0 Å². The van der Waals surface area contributed by atoms with Crippen molar-refractivity contribution >= 4 is 60.4 Å². The van der Waals surface area contributed by atoms with Gasteiger partial charge in [0.25, 0.3) is 0 Å². The van der Waals surface area contributed by atoms with Crippen LogP contribution in [0.2, 0.25) is 0 Å². The predicted molar refractivity (Wildman–Crippen MR) is 95.7 cm³/mol. The van der Waals surface area contributed by atoms with E-state index in [1.807, 2.05) is 18.5 Å². The molecule has 0 unspecified atom stereocenters. The number of rotatable bonds is 3. The minimum absolute atomic E-state index is 0.752. The number of pyridine rings is 1. The summed E-state index contributed by atoms with van der Waals surface area (Å²) < 4.78 is 5.22. The zero-order chi connectivity index (χ0) is 15.1. The third-order valence-electron chi connectivity index (χ3n) is 3.39. The van der Waals surface area contributed by atoms with Crippen LogP contribution in [-0.2, 0) is 6.54 Å². The third-order valence-corrected chi connectivity index (χ3v) is 5.83. The van der Waals surface area contributed by atoms with E-state index in [-0.39, 0.29) is 0 Å². The number of hydrogen-bond acceptors (Lipinski definition) is 5. The normalized spacial score (nSPS) is 11.5. The van der Waals surface area contributed by atoms with Gasteiger partial charge in [0, 0.05) is 0 Å². The van der Waals surface area contributed by atoms with Crippen molar-refractivity contribution in [3.05, 3.63) is 46.8 Å². The summed E-state index contributed by atoms with van der Waals surface area (Å²) in [5.74, 6) is 0. The molecule has 0 fully saturated rings. The average Bonchev–Trinajstić information content (AvgIpc) is 3.11. The maximum absolute atomic E-state index is 4.57. The first-order chi connectivity index (χ1) is 10.7. The molecule has 3 heterocycles. The summed E-state index contributed by atoms with van der Waals surface area (Å²) in [4.78, 5) is 13.5. The molecule has 4 aromatic rings. The Kier molecular flexibility index (Phi) is 3.63. The molecule has 0 aliphatic carbocycles. The fraction of sp³-hybridized carbons (Fsp3) is 0.133. The summed E-state index contributed by atoms with van der Waals surface area (Å²) in [6, 6.07) is 10.3. The van der Waals surface area contributed by atoms with E-state index in [1.165, 1.54) is 10.3 Å². The first kappa shape index (κ1) is 14.2. The van der Waals surface area contributed by atoms with E-state index in [2.05, 4.69) is 59.9 Å². The number of halogens is 1. The summed E-state index contributed by atoms with van der Waals surface area (Å²) in [5.41, 5.74) is 4.09. The molecular formula is C15H11BrN4S2. The Morgan fingerprint density at radius 2 is 2.05 bits per heavy atom. The highest BCUT2D eigenvalue weighted by atomic mass is 79.9. The lowest BCUT2D eigenvalue weighted by atomic mass is 10.2. The van der Waals surface area contributed by atoms with Gasteiger partial charge in [0.1, 0.15) is 10.1 Å². The van der Waals surface area contributed by atoms with Gasteiger partial charge in [0.15, 0.2) is 9.99 Å². The molecule has 0 aliphatic rings. The lowest BCUT2D eigenvalue weighted by Crippen LogP contribution is -1.99. The topological polar surface area (TPSA) is 43.6 Å². The summed E-state index contributed by atoms with van der Waals surface area (Å²) in [7, 11) is 0. The van der Waals surface area contributed by atoms with Gasteiger partial charge in [-0.05, 0) is 52.0 Å². The molecule has 0 saturated carbocycles. The number of aromatic nitrogens is 4. The molecule has 7 heteroatoms. The van der Waals surface area contributed by atoms with E-state index in [0.29, 0.717) is 0 Å². The molecule has 0 aliphatic heterocycles. The van der Waals surface area contributed by atoms with Crippen molar-refractivity contribution in [2.24, 2.45) is 0 Å². The number of thiazole rings is 1. The van der Waals surface area contributed by atoms with Gasteiger partial charge in [0.2, 0.25) is 0 Å². The van der Waals surface area contributed by atoms with Gasteiger partial charge in [0.05, 0.1) is 23.1 Å². The van der Waals surface area contributed by atoms with E-state index in [1.54, 1.807) is 23.1 Å². The van der Waals surface area contributed by atoms with Gasteiger partial charge in [-0.25, -0.2) is 15.0 Å². The van der Waals surface area contributed by atoms with Gasteiger partial charge < -0.3 is 4.57 Å². The quantitative estimate of drug-likeness (QED) is 0.379. The Bertz CT molecular complexity index is 976. The van der Waals surface area contributed by atoms with Gasteiger partial charge in [-0.15, -0.1) is 11.3 Å². The van der Waals surface area contributed by atoms with Crippen LogP contribution in [0.25, 0.3) is 21.4 Å². The van der Waals surface area contributed by atoms with Crippen LogP contribution in [0.15, 0.2) is 45.6 Å². The molecule has 0 N–H and O–H groups in total. The maximum atomic E-state index is 4.57. The smallest absolute Gasteiger partial charge is 0.161 e. The van der Waals surface area contributed by atoms with Gasteiger partial charge in [-0.3, -0.25) is 0 Å². The molecule has 110 valence electrons. The minimum atomic E-state index is 0.752. The molecule has 3 aromatic heterocycles. The third kappa shape index (κ3) is 2.53. The second kappa shape index (κ2) is 5.64. The highest BCUT2D eigenvalue weighted by Gasteiger charge is 2.08. The lowest BCUT2D eigenvalue weighted by molar-refractivity contribution is 0.814. The number of nitrogens with zero attached hydrogens (tertiary/aromatic N) is 4. The van der Waals surface area contributed by atoms with E-state index in [9.17, 15) is 0 Å². The van der Waals surface area contributed by atoms with Crippen LogP contribution in [0, 0.1) is 0 Å². The fourth-order valence-corrected chi connectivity index (χ4v) is 4.22. The summed E-state index contributed by atoms with van der Waals surface area (Å²) in [6.07, 6.45) is 3.90. The van der Waals surface area contributed by atoms with E-state index >= 15 is 0 Å². The van der Waals surface area contributed by atoms with E-state index in [4.69, 9.17) is 0 Å². The first-order valence-corrected chi connectivity index (χ1v) is 9.47. The Morgan fingerprint density at radius 3 is 2.91 bits per heavy atom. The van der Waals surface area contributed by atoms with Gasteiger partial charge in [-0.1, -0.05) is 17.8 Å². The molecule has 4 nitrogen and oxygen atoms in total. The highest BCUT2D eigenvalue weighted by Crippen LogP contribution is 2.29. The lowest BCUT2D eigenvalue weighted by Gasteiger charge is -2.04. The van der Waals surface area contributed by atoms with Crippen molar-refractivity contribution < 1.29 is 0 Å². The fourth-order valence-electron chi connectivity index (χ4n) is 2.36. The Labute approximate surface area is 143 Å². The molecule has 22 heavy (non-hydrogen) atoms. The molecule has 4 rings (SSSR count). The Balaban J connectivity index is 1.73. The second-order valence-corrected chi connectivity index (χ2v) is 7.73. The van der Waals surface area contributed by atoms with Crippen molar-refractivity contribution in [2.75, 3.05) is 6.26 Å². The molecule has 0 saturated heterocycles. The monoisotopic (exact) mass is 390 g/mol. The van der Waals surface area contributed by atoms with Crippen molar-refractivity contribution in [2.45, 2.75) is 10.9 Å². The van der Waals surface area contributed by atoms with Crippen molar-refractivity contribution in [1.82, 2.24) is 19.5 Å². The standard InChI is InChI=1S/C15H11BrN4S2/c1-21-15-18-10-3-2-9(6-12(10)22-15)7-20-8-17-11-4-5-13(16)19-14(11)20/h2-6,8H,7H2,1H3. The number of fused-ring (bicyclic) bond motifs is 2. The highest BCUT2D eigenvalue weighted by molar-refractivity contribution is 9.10. The summed E-state index contributed by atoms with van der Waals surface area (Å²) >= 11 is 6.84. The molecule has 0 bridgehead atoms. The van der Waals surface area contributed by atoms with Crippen molar-refractivity contribution in [3.8, 4) is 0 Å². The first-order valence-electron chi connectivity index (χ1n) is 6.64. The number of hydrogen-bond donors (Lipinski definition) is 0. The molecule has 0 atom stereocenters. The zero-order valence-corrected chi connectivity index (χ0v) is 14.9. The van der Waals surface area contributed by atoms with Crippen LogP contribution in [0.4, 0.5) is 0 Å². The van der Waals surface area contributed by atoms with Crippen LogP contribution in [0.5, 0.6) is 0 Å². The van der Waals surface area contributed by atoms with Gasteiger partial charge in [-0.2, -0.15) is 0 Å². The van der Waals surface area contributed by atoms with Crippen LogP contribution >= 0.6 is 39.0 Å². The Hall–Kier alpha value is -1.44. The zero-order valence-electron chi connectivity index (χ0n) is 11.7. The van der Waals surface area contributed by atoms with Gasteiger partial charge >= 0.3 is 0 Å². The van der Waals surface area contributed by atoms with E-state index in [0.717, 1.165) is 32.2 Å². The van der Waals surface area contributed by atoms with Crippen LogP contribution in [-0.4, -0.2) is 25.8 Å². The van der Waals surface area contributed by atoms with Crippen LogP contribution in [0.3, 0.4) is 0 Å². The van der Waals surface area contributed by atoms with Crippen molar-refractivity contribution in [3.63, 3.8) is 0 Å². The average molecular weight is 391 g/mol. The number of thioether (sulfide) groups is 1.